The zero-order valence-electron chi connectivity index (χ0n) is 19.3. The maximum Gasteiger partial charge on any atom is 0.433 e. The summed E-state index contributed by atoms with van der Waals surface area (Å²) in [5.74, 6) is -1.44. The third-order valence-electron chi connectivity index (χ3n) is 5.11. The van der Waals surface area contributed by atoms with E-state index in [9.17, 15) is 22.4 Å². The maximum atomic E-state index is 14.3. The molecule has 0 saturated carbocycles. The van der Waals surface area contributed by atoms with Crippen molar-refractivity contribution in [3.8, 4) is 11.5 Å². The standard InChI is InChI=1S/C24H28F4N2O4/c1-4-7-17-20(11-10-18(21(17)31)22(29)24(26,27)28)34-13-6-12-30(3)15-8-9-16(19(25)14-15)23(32)33-5-2/h8-11,14,29,31H,4-7,12-13H2,1-3H3/p+1. The maximum absolute atomic E-state index is 14.3. The molecule has 186 valence electrons. The van der Waals surface area contributed by atoms with Gasteiger partial charge in [0.15, 0.2) is 5.71 Å². The van der Waals surface area contributed by atoms with Crippen molar-refractivity contribution in [3.05, 3.63) is 52.8 Å². The van der Waals surface area contributed by atoms with Crippen molar-refractivity contribution in [2.24, 2.45) is 0 Å². The van der Waals surface area contributed by atoms with Crippen LogP contribution >= 0.6 is 0 Å². The molecule has 6 nitrogen and oxygen atoms in total. The number of nitrogens with one attached hydrogen (secondary N) is 1. The molecule has 34 heavy (non-hydrogen) atoms. The molecule has 0 saturated heterocycles. The first-order valence-corrected chi connectivity index (χ1v) is 10.8. The van der Waals surface area contributed by atoms with Crippen LogP contribution in [0.4, 0.5) is 23.2 Å². The molecule has 2 aromatic carbocycles. The highest BCUT2D eigenvalue weighted by Gasteiger charge is 2.38. The van der Waals surface area contributed by atoms with E-state index >= 15 is 0 Å². The van der Waals surface area contributed by atoms with E-state index in [0.717, 1.165) is 6.07 Å². The first-order chi connectivity index (χ1) is 16.0. The fourth-order valence-corrected chi connectivity index (χ4v) is 3.35. The Morgan fingerprint density at radius 2 is 1.82 bits per heavy atom. The summed E-state index contributed by atoms with van der Waals surface area (Å²) in [5.41, 5.74) is -1.28. The minimum Gasteiger partial charge on any atom is -0.593 e. The largest absolute Gasteiger partial charge is 0.593 e. The Morgan fingerprint density at radius 1 is 1.15 bits per heavy atom. The molecule has 10 heteroatoms. The minimum absolute atomic E-state index is 0.140. The summed E-state index contributed by atoms with van der Waals surface area (Å²) in [6.07, 6.45) is -3.38. The number of hydrogen-bond acceptors (Lipinski definition) is 5. The van der Waals surface area contributed by atoms with Gasteiger partial charge in [0.2, 0.25) is 0 Å². The van der Waals surface area contributed by atoms with E-state index in [1.165, 1.54) is 18.2 Å². The zero-order chi connectivity index (χ0) is 25.5. The van der Waals surface area contributed by atoms with Crippen LogP contribution in [0, 0.1) is 11.2 Å². The highest BCUT2D eigenvalue weighted by Crippen LogP contribution is 2.36. The van der Waals surface area contributed by atoms with Crippen LogP contribution in [0.15, 0.2) is 30.3 Å². The summed E-state index contributed by atoms with van der Waals surface area (Å²) < 4.78 is 63.6. The van der Waals surface area contributed by atoms with E-state index in [0.29, 0.717) is 42.8 Å². The number of benzene rings is 2. The second-order valence-corrected chi connectivity index (χ2v) is 7.60. The van der Waals surface area contributed by atoms with E-state index in [4.69, 9.17) is 20.0 Å². The van der Waals surface area contributed by atoms with Gasteiger partial charge in [0.25, 0.3) is 5.75 Å². The van der Waals surface area contributed by atoms with Crippen molar-refractivity contribution in [1.82, 2.24) is 0 Å². The van der Waals surface area contributed by atoms with E-state index in [1.54, 1.807) is 24.9 Å². The lowest BCUT2D eigenvalue weighted by molar-refractivity contribution is -0.0588. The van der Waals surface area contributed by atoms with E-state index < -0.39 is 29.2 Å². The molecule has 0 radical (unpaired) electrons. The molecular weight excluding hydrogens is 456 g/mol. The van der Waals surface area contributed by atoms with Crippen LogP contribution in [0.25, 0.3) is 0 Å². The lowest BCUT2D eigenvalue weighted by Crippen LogP contribution is -2.23. The number of rotatable bonds is 11. The molecule has 2 aromatic rings. The molecule has 0 aliphatic carbocycles. The third kappa shape index (κ3) is 6.61. The van der Waals surface area contributed by atoms with Crippen LogP contribution in [0.1, 0.15) is 48.2 Å². The number of esters is 1. The fourth-order valence-electron chi connectivity index (χ4n) is 3.35. The van der Waals surface area contributed by atoms with Gasteiger partial charge >= 0.3 is 12.1 Å². The summed E-state index contributed by atoms with van der Waals surface area (Å²) in [7, 11) is 1.75. The average molecular weight is 485 g/mol. The summed E-state index contributed by atoms with van der Waals surface area (Å²) in [4.78, 5) is 13.5. The molecular formula is C24H29F4N2O4+. The summed E-state index contributed by atoms with van der Waals surface area (Å²) in [6, 6.07) is 6.67. The number of nitrogens with zero attached hydrogens (tertiary/aromatic N) is 1. The summed E-state index contributed by atoms with van der Waals surface area (Å²) in [5, 5.41) is 15.5. The van der Waals surface area contributed by atoms with Gasteiger partial charge in [-0.05, 0) is 50.1 Å². The molecule has 0 aliphatic heterocycles. The Morgan fingerprint density at radius 3 is 2.41 bits per heavy atom. The van der Waals surface area contributed by atoms with Crippen molar-refractivity contribution in [3.63, 3.8) is 0 Å². The minimum atomic E-state index is -4.83. The van der Waals surface area contributed by atoms with Crippen LogP contribution in [-0.4, -0.2) is 49.8 Å². The second-order valence-electron chi connectivity index (χ2n) is 7.60. The van der Waals surface area contributed by atoms with Crippen molar-refractivity contribution in [2.45, 2.75) is 39.3 Å². The predicted octanol–water partition coefficient (Wildman–Crippen LogP) is 5.23. The first-order valence-electron chi connectivity index (χ1n) is 10.8. The van der Waals surface area contributed by atoms with Crippen LogP contribution in [-0.2, 0) is 11.2 Å². The monoisotopic (exact) mass is 485 g/mol. The van der Waals surface area contributed by atoms with Crippen molar-refractivity contribution in [2.75, 3.05) is 31.7 Å². The van der Waals surface area contributed by atoms with Gasteiger partial charge in [-0.2, -0.15) is 13.2 Å². The van der Waals surface area contributed by atoms with Gasteiger partial charge in [-0.3, -0.25) is 5.41 Å². The number of alkyl halides is 3. The normalized spacial score (nSPS) is 11.3. The second kappa shape index (κ2) is 11.7. The van der Waals surface area contributed by atoms with E-state index in [1.807, 2.05) is 6.92 Å². The molecule has 0 aliphatic rings. The topological polar surface area (TPSA) is 85.5 Å². The highest BCUT2D eigenvalue weighted by molar-refractivity contribution is 6.04. The highest BCUT2D eigenvalue weighted by atomic mass is 19.4. The number of anilines is 1. The van der Waals surface area contributed by atoms with Crippen molar-refractivity contribution < 1.29 is 36.9 Å². The van der Waals surface area contributed by atoms with Gasteiger partial charge in [0.1, 0.15) is 17.1 Å². The SMILES string of the molecule is CCCc1c(OCCCN(C)c2ccc(C(=O)OCC)c(F)c2)ccc(C(=N)C(F)(F)F)c1[OH2+]. The molecule has 0 fully saturated rings. The molecule has 0 atom stereocenters. The lowest BCUT2D eigenvalue weighted by Gasteiger charge is -2.20. The Hall–Kier alpha value is -3.30. The lowest BCUT2D eigenvalue weighted by atomic mass is 10.00. The number of carbonyl (C=O) groups excluding carboxylic acids is 1. The molecule has 3 N–H and O–H groups in total. The number of ether oxygens (including phenoxy) is 2. The number of halogens is 4. The Labute approximate surface area is 195 Å². The molecule has 0 bridgehead atoms. The van der Waals surface area contributed by atoms with Gasteiger partial charge in [-0.1, -0.05) is 13.3 Å². The smallest absolute Gasteiger partial charge is 0.433 e. The Balaban J connectivity index is 2.02. The van der Waals surface area contributed by atoms with Crippen molar-refractivity contribution in [1.29, 1.82) is 5.41 Å². The summed E-state index contributed by atoms with van der Waals surface area (Å²) >= 11 is 0. The van der Waals surface area contributed by atoms with Crippen LogP contribution in [0.3, 0.4) is 0 Å². The van der Waals surface area contributed by atoms with E-state index in [-0.39, 0.29) is 24.5 Å². The third-order valence-corrected chi connectivity index (χ3v) is 5.11. The van der Waals surface area contributed by atoms with Gasteiger partial charge in [-0.25, -0.2) is 9.18 Å². The predicted molar refractivity (Wildman–Crippen MR) is 122 cm³/mol. The van der Waals surface area contributed by atoms with Crippen LogP contribution < -0.4 is 9.64 Å². The molecule has 2 rings (SSSR count). The molecule has 0 unspecified atom stereocenters. The fraction of sp³-hybridized carbons (Fsp3) is 0.417. The Bertz CT molecular complexity index is 1020. The van der Waals surface area contributed by atoms with Crippen molar-refractivity contribution >= 4 is 17.4 Å². The zero-order valence-corrected chi connectivity index (χ0v) is 19.3. The van der Waals surface area contributed by atoms with Gasteiger partial charge in [-0.15, -0.1) is 0 Å². The van der Waals surface area contributed by atoms with Crippen LogP contribution in [0.5, 0.6) is 11.5 Å². The first kappa shape index (κ1) is 26.9. The quantitative estimate of drug-likeness (QED) is 0.155. The molecule has 0 amide bonds. The average Bonchev–Trinajstić information content (AvgIpc) is 2.77. The molecule has 0 heterocycles. The van der Waals surface area contributed by atoms with E-state index in [2.05, 4.69) is 0 Å². The van der Waals surface area contributed by atoms with Crippen LogP contribution in [0.2, 0.25) is 0 Å². The Kier molecular flexibility index (Phi) is 9.28. The number of hydrogen-bond donors (Lipinski definition) is 1. The summed E-state index contributed by atoms with van der Waals surface area (Å²) in [6.45, 7) is 4.32. The number of carbonyl (C=O) groups is 1. The van der Waals surface area contributed by atoms with Gasteiger partial charge < -0.3 is 19.5 Å². The molecule has 0 spiro atoms. The van der Waals surface area contributed by atoms with Gasteiger partial charge in [0, 0.05) is 19.3 Å². The molecule has 0 aromatic heterocycles. The van der Waals surface area contributed by atoms with Gasteiger partial charge in [0.05, 0.1) is 24.3 Å².